The number of hydrogen-bond acceptors (Lipinski definition) is 4. The minimum absolute atomic E-state index is 0.0195. The number of carbonyl (C=O) groups excluding carboxylic acids is 1. The molecule has 1 aliphatic rings. The molecule has 1 aliphatic heterocycles. The third kappa shape index (κ3) is 3.68. The van der Waals surface area contributed by atoms with Gasteiger partial charge in [0.05, 0.1) is 17.4 Å². The summed E-state index contributed by atoms with van der Waals surface area (Å²) in [4.78, 5) is 12.2. The number of hydrogen-bond donors (Lipinski definition) is 2. The van der Waals surface area contributed by atoms with Gasteiger partial charge in [-0.3, -0.25) is 10.2 Å². The highest BCUT2D eigenvalue weighted by Gasteiger charge is 2.25. The number of thioether (sulfide) groups is 1. The van der Waals surface area contributed by atoms with Crippen LogP contribution in [0.5, 0.6) is 0 Å². The summed E-state index contributed by atoms with van der Waals surface area (Å²) in [5, 5.41) is 7.50. The Morgan fingerprint density at radius 1 is 1.05 bits per heavy atom. The van der Waals surface area contributed by atoms with E-state index in [0.29, 0.717) is 5.56 Å². The van der Waals surface area contributed by atoms with Crippen LogP contribution in [0.2, 0.25) is 0 Å². The summed E-state index contributed by atoms with van der Waals surface area (Å²) in [7, 11) is 0. The fourth-order valence-electron chi connectivity index (χ4n) is 2.19. The molecule has 1 fully saturated rings. The standard InChI is InChI=1S/C17H17N3OS/c21-17(13-7-3-1-4-8-13)18-15-11-22-12-16(15)20-19-14-9-5-2-6-10-14/h1-10,15,19H,11-12H2,(H,18,21)/b20-16+. The monoisotopic (exact) mass is 311 g/mol. The van der Waals surface area contributed by atoms with Crippen LogP contribution in [0, 0.1) is 0 Å². The van der Waals surface area contributed by atoms with Crippen LogP contribution in [0.25, 0.3) is 0 Å². The lowest BCUT2D eigenvalue weighted by Gasteiger charge is -2.13. The van der Waals surface area contributed by atoms with Crippen molar-refractivity contribution in [2.45, 2.75) is 6.04 Å². The summed E-state index contributed by atoms with van der Waals surface area (Å²) in [6, 6.07) is 19.1. The van der Waals surface area contributed by atoms with E-state index in [9.17, 15) is 4.79 Å². The third-order valence-corrected chi connectivity index (χ3v) is 4.45. The van der Waals surface area contributed by atoms with Crippen molar-refractivity contribution < 1.29 is 4.79 Å². The van der Waals surface area contributed by atoms with Crippen LogP contribution in [0.15, 0.2) is 65.8 Å². The van der Waals surface area contributed by atoms with Gasteiger partial charge in [0.15, 0.2) is 0 Å². The third-order valence-electron chi connectivity index (χ3n) is 3.38. The van der Waals surface area contributed by atoms with E-state index in [0.717, 1.165) is 22.9 Å². The fraction of sp³-hybridized carbons (Fsp3) is 0.176. The van der Waals surface area contributed by atoms with Crippen molar-refractivity contribution in [2.75, 3.05) is 16.9 Å². The first-order valence-electron chi connectivity index (χ1n) is 7.14. The zero-order chi connectivity index (χ0) is 15.2. The Bertz CT molecular complexity index is 658. The molecule has 112 valence electrons. The van der Waals surface area contributed by atoms with Gasteiger partial charge >= 0.3 is 0 Å². The number of amides is 1. The van der Waals surface area contributed by atoms with Gasteiger partial charge < -0.3 is 5.32 Å². The first-order valence-corrected chi connectivity index (χ1v) is 8.29. The van der Waals surface area contributed by atoms with Crippen molar-refractivity contribution in [3.8, 4) is 0 Å². The molecule has 1 amide bonds. The number of anilines is 1. The Morgan fingerprint density at radius 2 is 1.73 bits per heavy atom. The Labute approximate surface area is 134 Å². The molecule has 0 aliphatic carbocycles. The molecule has 0 aromatic heterocycles. The molecule has 1 heterocycles. The summed E-state index contributed by atoms with van der Waals surface area (Å²) in [5.41, 5.74) is 5.64. The molecule has 2 aromatic rings. The highest BCUT2D eigenvalue weighted by molar-refractivity contribution is 8.00. The van der Waals surface area contributed by atoms with Gasteiger partial charge in [-0.2, -0.15) is 16.9 Å². The van der Waals surface area contributed by atoms with E-state index in [1.54, 1.807) is 11.8 Å². The maximum absolute atomic E-state index is 12.2. The Hall–Kier alpha value is -2.27. The van der Waals surface area contributed by atoms with Crippen LogP contribution in [0.4, 0.5) is 5.69 Å². The molecule has 5 heteroatoms. The first-order chi connectivity index (χ1) is 10.8. The molecule has 1 atom stereocenters. The average molecular weight is 311 g/mol. The van der Waals surface area contributed by atoms with E-state index in [4.69, 9.17) is 0 Å². The number of nitrogens with zero attached hydrogens (tertiary/aromatic N) is 1. The fourth-order valence-corrected chi connectivity index (χ4v) is 3.30. The van der Waals surface area contributed by atoms with Crippen molar-refractivity contribution in [3.05, 3.63) is 66.2 Å². The molecule has 1 saturated heterocycles. The van der Waals surface area contributed by atoms with Gasteiger partial charge in [0, 0.05) is 17.1 Å². The van der Waals surface area contributed by atoms with Gasteiger partial charge in [0.1, 0.15) is 0 Å². The summed E-state index contributed by atoms with van der Waals surface area (Å²) in [6.45, 7) is 0. The van der Waals surface area contributed by atoms with Crippen molar-refractivity contribution in [3.63, 3.8) is 0 Å². The van der Waals surface area contributed by atoms with E-state index in [1.807, 2.05) is 60.7 Å². The molecule has 2 N–H and O–H groups in total. The molecule has 0 radical (unpaired) electrons. The summed E-state index contributed by atoms with van der Waals surface area (Å²) in [6.07, 6.45) is 0. The second-order valence-corrected chi connectivity index (χ2v) is 6.02. The second kappa shape index (κ2) is 7.13. The van der Waals surface area contributed by atoms with Gasteiger partial charge in [-0.25, -0.2) is 0 Å². The SMILES string of the molecule is O=C(NC1CSC/C1=N\Nc1ccccc1)c1ccccc1. The van der Waals surface area contributed by atoms with E-state index in [2.05, 4.69) is 15.8 Å². The van der Waals surface area contributed by atoms with E-state index < -0.39 is 0 Å². The van der Waals surface area contributed by atoms with Gasteiger partial charge in [-0.1, -0.05) is 36.4 Å². The molecule has 0 spiro atoms. The quantitative estimate of drug-likeness (QED) is 0.854. The molecule has 0 bridgehead atoms. The maximum atomic E-state index is 12.2. The van der Waals surface area contributed by atoms with Gasteiger partial charge in [0.25, 0.3) is 5.91 Å². The minimum atomic E-state index is -0.0551. The van der Waals surface area contributed by atoms with Gasteiger partial charge in [-0.05, 0) is 24.3 Å². The van der Waals surface area contributed by atoms with Crippen LogP contribution >= 0.6 is 11.8 Å². The zero-order valence-corrected chi connectivity index (χ0v) is 12.8. The number of rotatable bonds is 4. The predicted molar refractivity (Wildman–Crippen MR) is 92.5 cm³/mol. The Kier molecular flexibility index (Phi) is 4.75. The van der Waals surface area contributed by atoms with Crippen molar-refractivity contribution >= 4 is 29.1 Å². The van der Waals surface area contributed by atoms with E-state index in [-0.39, 0.29) is 11.9 Å². The summed E-state index contributed by atoms with van der Waals surface area (Å²) < 4.78 is 0. The Balaban J connectivity index is 1.64. The topological polar surface area (TPSA) is 53.5 Å². The van der Waals surface area contributed by atoms with Crippen LogP contribution in [0.3, 0.4) is 0 Å². The lowest BCUT2D eigenvalue weighted by Crippen LogP contribution is -2.40. The number of carbonyl (C=O) groups is 1. The van der Waals surface area contributed by atoms with Crippen LogP contribution in [-0.2, 0) is 0 Å². The van der Waals surface area contributed by atoms with Crippen molar-refractivity contribution in [1.29, 1.82) is 0 Å². The smallest absolute Gasteiger partial charge is 0.251 e. The lowest BCUT2D eigenvalue weighted by molar-refractivity contribution is 0.0950. The normalized spacial score (nSPS) is 19.1. The van der Waals surface area contributed by atoms with Crippen molar-refractivity contribution in [2.24, 2.45) is 5.10 Å². The van der Waals surface area contributed by atoms with Crippen molar-refractivity contribution in [1.82, 2.24) is 5.32 Å². The molecule has 0 saturated carbocycles. The lowest BCUT2D eigenvalue weighted by atomic mass is 10.1. The van der Waals surface area contributed by atoms with Crippen LogP contribution in [-0.4, -0.2) is 29.2 Å². The summed E-state index contributed by atoms with van der Waals surface area (Å²) in [5.74, 6) is 1.63. The summed E-state index contributed by atoms with van der Waals surface area (Å²) >= 11 is 1.78. The largest absolute Gasteiger partial charge is 0.343 e. The van der Waals surface area contributed by atoms with Crippen LogP contribution < -0.4 is 10.7 Å². The molecule has 22 heavy (non-hydrogen) atoms. The van der Waals surface area contributed by atoms with E-state index >= 15 is 0 Å². The van der Waals surface area contributed by atoms with Gasteiger partial charge in [-0.15, -0.1) is 0 Å². The second-order valence-electron chi connectivity index (χ2n) is 4.99. The number of nitrogens with one attached hydrogen (secondary N) is 2. The highest BCUT2D eigenvalue weighted by Crippen LogP contribution is 2.17. The minimum Gasteiger partial charge on any atom is -0.343 e. The van der Waals surface area contributed by atoms with E-state index in [1.165, 1.54) is 0 Å². The number of para-hydroxylation sites is 1. The molecule has 4 nitrogen and oxygen atoms in total. The molecule has 2 aromatic carbocycles. The molecular weight excluding hydrogens is 294 g/mol. The Morgan fingerprint density at radius 3 is 2.45 bits per heavy atom. The number of benzene rings is 2. The maximum Gasteiger partial charge on any atom is 0.251 e. The molecule has 1 unspecified atom stereocenters. The van der Waals surface area contributed by atoms with Crippen LogP contribution in [0.1, 0.15) is 10.4 Å². The van der Waals surface area contributed by atoms with Gasteiger partial charge in [0.2, 0.25) is 0 Å². The molecular formula is C17H17N3OS. The first kappa shape index (κ1) is 14.7. The average Bonchev–Trinajstić information content (AvgIpc) is 3.02. The zero-order valence-electron chi connectivity index (χ0n) is 12.0. The number of hydrazone groups is 1. The highest BCUT2D eigenvalue weighted by atomic mass is 32.2. The predicted octanol–water partition coefficient (Wildman–Crippen LogP) is 3.00. The molecule has 3 rings (SSSR count).